The topological polar surface area (TPSA) is 61.4 Å². The molecule has 0 unspecified atom stereocenters. The van der Waals surface area contributed by atoms with E-state index in [1.807, 2.05) is 0 Å². The van der Waals surface area contributed by atoms with Crippen LogP contribution >= 0.6 is 46.7 Å². The lowest BCUT2D eigenvalue weighted by Gasteiger charge is -2.20. The van der Waals surface area contributed by atoms with E-state index in [-0.39, 0.29) is 27.8 Å². The van der Waals surface area contributed by atoms with E-state index in [9.17, 15) is 9.90 Å². The number of hydrogen-bond donors (Lipinski definition) is 3. The van der Waals surface area contributed by atoms with Crippen molar-refractivity contribution >= 4 is 52.6 Å². The van der Waals surface area contributed by atoms with E-state index in [2.05, 4.69) is 10.9 Å². The summed E-state index contributed by atoms with van der Waals surface area (Å²) in [5, 5.41) is 10.4. The Balaban J connectivity index is 1.85. The van der Waals surface area contributed by atoms with Gasteiger partial charge in [0.15, 0.2) is 0 Å². The zero-order valence-corrected chi connectivity index (χ0v) is 13.6. The number of halogens is 2. The number of amides is 1. The van der Waals surface area contributed by atoms with Gasteiger partial charge in [0, 0.05) is 17.1 Å². The Morgan fingerprint density at radius 1 is 1.35 bits per heavy atom. The first-order valence-electron chi connectivity index (χ1n) is 6.00. The van der Waals surface area contributed by atoms with Crippen LogP contribution in [0.2, 0.25) is 10.0 Å². The number of carbonyl (C=O) groups excluding carboxylic acids is 1. The number of phenols is 1. The van der Waals surface area contributed by atoms with Gasteiger partial charge < -0.3 is 5.11 Å². The molecule has 0 aromatic heterocycles. The van der Waals surface area contributed by atoms with E-state index >= 15 is 0 Å². The Morgan fingerprint density at radius 2 is 2.05 bits per heavy atom. The second-order valence-electron chi connectivity index (χ2n) is 4.17. The highest BCUT2D eigenvalue weighted by Gasteiger charge is 2.22. The van der Waals surface area contributed by atoms with Gasteiger partial charge in [-0.25, -0.2) is 5.43 Å². The molecule has 1 fully saturated rings. The number of thioether (sulfide) groups is 2. The number of phenolic OH excluding ortho intramolecular Hbond substituents is 1. The van der Waals surface area contributed by atoms with Gasteiger partial charge in [0.1, 0.15) is 10.3 Å². The van der Waals surface area contributed by atoms with E-state index in [1.165, 1.54) is 6.07 Å². The van der Waals surface area contributed by atoms with Crippen LogP contribution in [-0.2, 0) is 11.3 Å². The first-order chi connectivity index (χ1) is 9.58. The van der Waals surface area contributed by atoms with Crippen LogP contribution in [0.25, 0.3) is 0 Å². The molecule has 1 heterocycles. The molecule has 4 nitrogen and oxygen atoms in total. The van der Waals surface area contributed by atoms with Crippen LogP contribution in [-0.4, -0.2) is 27.1 Å². The fraction of sp³-hybridized carbons (Fsp3) is 0.417. The minimum atomic E-state index is -0.0761. The fourth-order valence-corrected chi connectivity index (χ4v) is 4.83. The van der Waals surface area contributed by atoms with Gasteiger partial charge >= 0.3 is 0 Å². The minimum Gasteiger partial charge on any atom is -0.506 e. The second-order valence-corrected chi connectivity index (χ2v) is 7.73. The fourth-order valence-electron chi connectivity index (χ4n) is 1.68. The third-order valence-electron chi connectivity index (χ3n) is 2.64. The van der Waals surface area contributed by atoms with Gasteiger partial charge in [-0.15, -0.1) is 23.5 Å². The summed E-state index contributed by atoms with van der Waals surface area (Å²) in [5.74, 6) is 1.93. The Labute approximate surface area is 135 Å². The summed E-state index contributed by atoms with van der Waals surface area (Å²) in [6.07, 6.45) is 1.14. The van der Waals surface area contributed by atoms with E-state index in [4.69, 9.17) is 23.2 Å². The number of carbonyl (C=O) groups is 1. The molecule has 1 aliphatic rings. The van der Waals surface area contributed by atoms with Crippen molar-refractivity contribution in [2.45, 2.75) is 17.5 Å². The summed E-state index contributed by atoms with van der Waals surface area (Å²) < 4.78 is -0.0761. The number of hydrogen-bond acceptors (Lipinski definition) is 5. The van der Waals surface area contributed by atoms with Gasteiger partial charge in [0.2, 0.25) is 0 Å². The van der Waals surface area contributed by atoms with Crippen LogP contribution in [0.3, 0.4) is 0 Å². The van der Waals surface area contributed by atoms with Gasteiger partial charge in [-0.2, -0.15) is 0 Å². The molecule has 110 valence electrons. The molecule has 1 amide bonds. The Bertz CT molecular complexity index is 497. The summed E-state index contributed by atoms with van der Waals surface area (Å²) in [5.41, 5.74) is 5.96. The number of aromatic hydroxyl groups is 1. The normalized spacial score (nSPS) is 16.1. The first-order valence-corrected chi connectivity index (χ1v) is 8.86. The van der Waals surface area contributed by atoms with E-state index in [1.54, 1.807) is 29.6 Å². The maximum Gasteiger partial charge on any atom is 0.257 e. The lowest BCUT2D eigenvalue weighted by molar-refractivity contribution is -0.120. The molecule has 1 aromatic carbocycles. The molecule has 0 spiro atoms. The molecule has 0 saturated carbocycles. The van der Waals surface area contributed by atoms with Crippen LogP contribution in [0.15, 0.2) is 12.1 Å². The Morgan fingerprint density at radius 3 is 2.75 bits per heavy atom. The van der Waals surface area contributed by atoms with E-state index in [0.717, 1.165) is 17.9 Å². The van der Waals surface area contributed by atoms with Gasteiger partial charge in [0.25, 0.3) is 5.91 Å². The molecule has 0 radical (unpaired) electrons. The zero-order chi connectivity index (χ0) is 14.5. The van der Waals surface area contributed by atoms with Crippen molar-refractivity contribution in [1.29, 1.82) is 0 Å². The second kappa shape index (κ2) is 7.66. The van der Waals surface area contributed by atoms with Crippen LogP contribution in [0.1, 0.15) is 12.0 Å². The quantitative estimate of drug-likeness (QED) is 0.727. The average Bonchev–Trinajstić information content (AvgIpc) is 2.44. The van der Waals surface area contributed by atoms with Crippen molar-refractivity contribution in [2.24, 2.45) is 0 Å². The summed E-state index contributed by atoms with van der Waals surface area (Å²) in [6, 6.07) is 3.07. The van der Waals surface area contributed by atoms with Gasteiger partial charge in [0.05, 0.1) is 5.02 Å². The largest absolute Gasteiger partial charge is 0.506 e. The van der Waals surface area contributed by atoms with Gasteiger partial charge in [-0.05, 0) is 30.1 Å². The molecule has 8 heteroatoms. The molecule has 2 rings (SSSR count). The summed E-state index contributed by atoms with van der Waals surface area (Å²) in [6.45, 7) is 0.250. The van der Waals surface area contributed by atoms with Crippen LogP contribution in [0, 0.1) is 0 Å². The zero-order valence-electron chi connectivity index (χ0n) is 10.5. The molecule has 0 bridgehead atoms. The van der Waals surface area contributed by atoms with Gasteiger partial charge in [-0.3, -0.25) is 10.2 Å². The number of benzene rings is 1. The Hall–Kier alpha value is -0.270. The van der Waals surface area contributed by atoms with Crippen molar-refractivity contribution in [3.63, 3.8) is 0 Å². The van der Waals surface area contributed by atoms with E-state index in [0.29, 0.717) is 10.6 Å². The van der Waals surface area contributed by atoms with Crippen molar-refractivity contribution in [2.75, 3.05) is 11.5 Å². The van der Waals surface area contributed by atoms with E-state index < -0.39 is 0 Å². The predicted octanol–water partition coefficient (Wildman–Crippen LogP) is 3.02. The average molecular weight is 353 g/mol. The molecule has 1 saturated heterocycles. The monoisotopic (exact) mass is 352 g/mol. The van der Waals surface area contributed by atoms with Crippen molar-refractivity contribution < 1.29 is 9.90 Å². The molecular weight excluding hydrogens is 339 g/mol. The maximum absolute atomic E-state index is 11.9. The number of rotatable bonds is 4. The molecule has 1 aliphatic heterocycles. The smallest absolute Gasteiger partial charge is 0.257 e. The van der Waals surface area contributed by atoms with Crippen LogP contribution < -0.4 is 10.9 Å². The van der Waals surface area contributed by atoms with Gasteiger partial charge in [-0.1, -0.05) is 23.2 Å². The molecule has 0 atom stereocenters. The summed E-state index contributed by atoms with van der Waals surface area (Å²) in [7, 11) is 0. The van der Waals surface area contributed by atoms with Crippen molar-refractivity contribution in [3.05, 3.63) is 27.7 Å². The molecular formula is C12H14Cl2N2O2S2. The lowest BCUT2D eigenvalue weighted by Crippen LogP contribution is -2.41. The molecule has 0 aliphatic carbocycles. The van der Waals surface area contributed by atoms with Crippen LogP contribution in [0.5, 0.6) is 5.75 Å². The van der Waals surface area contributed by atoms with Crippen molar-refractivity contribution in [1.82, 2.24) is 10.9 Å². The highest BCUT2D eigenvalue weighted by molar-refractivity contribution is 8.18. The summed E-state index contributed by atoms with van der Waals surface area (Å²) >= 11 is 15.0. The predicted molar refractivity (Wildman–Crippen MR) is 86.4 cm³/mol. The molecule has 3 N–H and O–H groups in total. The first kappa shape index (κ1) is 16.1. The highest BCUT2D eigenvalue weighted by Crippen LogP contribution is 2.31. The standard InChI is InChI=1S/C12H14Cl2N2O2S2/c13-8-4-7(10(17)9(14)5-8)6-15-16-11(18)12-19-2-1-3-20-12/h4-5,12,15,17H,1-3,6H2,(H,16,18). The summed E-state index contributed by atoms with van der Waals surface area (Å²) in [4.78, 5) is 11.9. The van der Waals surface area contributed by atoms with Crippen molar-refractivity contribution in [3.8, 4) is 5.75 Å². The maximum atomic E-state index is 11.9. The Kier molecular flexibility index (Phi) is 6.17. The minimum absolute atomic E-state index is 0.0285. The number of hydrazine groups is 1. The lowest BCUT2D eigenvalue weighted by atomic mass is 10.2. The number of nitrogens with one attached hydrogen (secondary N) is 2. The third kappa shape index (κ3) is 4.36. The third-order valence-corrected chi connectivity index (χ3v) is 6.04. The highest BCUT2D eigenvalue weighted by atomic mass is 35.5. The molecule has 1 aromatic rings. The molecule has 20 heavy (non-hydrogen) atoms. The van der Waals surface area contributed by atoms with Crippen LogP contribution in [0.4, 0.5) is 0 Å². The SMILES string of the molecule is O=C(NNCc1cc(Cl)cc(Cl)c1O)C1SCCCS1.